The summed E-state index contributed by atoms with van der Waals surface area (Å²) in [6, 6.07) is 15.4. The number of thiocarbonyl (C=S) groups is 1. The third kappa shape index (κ3) is 4.95. The minimum Gasteiger partial charge on any atom is -0.465 e. The first kappa shape index (κ1) is 26.6. The lowest BCUT2D eigenvalue weighted by Crippen LogP contribution is -2.68. The number of fused-ring (bicyclic) bond motifs is 2. The Hall–Kier alpha value is -3.96. The van der Waals surface area contributed by atoms with Gasteiger partial charge in [-0.15, -0.1) is 0 Å². The van der Waals surface area contributed by atoms with E-state index in [0.29, 0.717) is 26.2 Å². The summed E-state index contributed by atoms with van der Waals surface area (Å²) in [6.45, 7) is 3.65. The number of carbonyl (C=O) groups is 2. The molecule has 3 aromatic rings. The number of nitrogens with zero attached hydrogens (tertiary/aromatic N) is 6. The van der Waals surface area contributed by atoms with Gasteiger partial charge in [0.05, 0.1) is 36.7 Å². The van der Waals surface area contributed by atoms with Crippen LogP contribution in [-0.2, 0) is 20.1 Å². The van der Waals surface area contributed by atoms with Crippen LogP contribution in [0.5, 0.6) is 0 Å². The van der Waals surface area contributed by atoms with Crippen LogP contribution in [0.25, 0.3) is 0 Å². The van der Waals surface area contributed by atoms with Crippen LogP contribution in [-0.4, -0.2) is 86.1 Å². The zero-order valence-corrected chi connectivity index (χ0v) is 23.5. The second-order valence-corrected chi connectivity index (χ2v) is 11.0. The number of anilines is 3. The summed E-state index contributed by atoms with van der Waals surface area (Å²) in [6.07, 6.45) is 0.825. The molecule has 10 nitrogen and oxygen atoms in total. The van der Waals surface area contributed by atoms with E-state index >= 15 is 0 Å². The van der Waals surface area contributed by atoms with Crippen molar-refractivity contribution in [3.05, 3.63) is 71.4 Å². The molecule has 2 unspecified atom stereocenters. The smallest absolute Gasteiger partial charge is 0.424 e. The summed E-state index contributed by atoms with van der Waals surface area (Å²) in [7, 11) is 5.70. The van der Waals surface area contributed by atoms with Gasteiger partial charge in [-0.1, -0.05) is 42.5 Å². The van der Waals surface area contributed by atoms with Gasteiger partial charge in [-0.2, -0.15) is 5.10 Å². The van der Waals surface area contributed by atoms with Crippen LogP contribution in [0.1, 0.15) is 23.6 Å². The van der Waals surface area contributed by atoms with Gasteiger partial charge in [0.2, 0.25) is 0 Å². The average Bonchev–Trinajstić information content (AvgIpc) is 3.15. The number of quaternary nitrogens is 1. The zero-order valence-electron chi connectivity index (χ0n) is 22.7. The standard InChI is InChI=1S/C28H33N7O3S/c1-19-17-35(13-12-33(19)28(37)38,18-20-8-7-9-21(14-20)26(39)31(2)3)27(36)34-16-22-15-29-32(4)25(22)30-23-10-5-6-11-24(23)34/h5-11,14-15,19H,12-13,16-18H2,1-4H3,(H-,29,30,37,38)/p+1. The lowest BCUT2D eigenvalue weighted by Gasteiger charge is -2.46. The molecule has 0 aliphatic carbocycles. The van der Waals surface area contributed by atoms with Crippen LogP contribution in [0.2, 0.25) is 0 Å². The molecule has 2 aliphatic heterocycles. The van der Waals surface area contributed by atoms with Gasteiger partial charge in [0.25, 0.3) is 0 Å². The highest BCUT2D eigenvalue weighted by atomic mass is 32.1. The number of rotatable bonds is 3. The minimum atomic E-state index is -0.963. The van der Waals surface area contributed by atoms with Crippen LogP contribution in [0, 0.1) is 0 Å². The maximum atomic E-state index is 14.8. The fourth-order valence-corrected chi connectivity index (χ4v) is 5.81. The largest absolute Gasteiger partial charge is 0.465 e. The SMILES string of the molecule is CC1C[N+](Cc2cccc(C(=S)N(C)C)c2)(C(=O)N2Cc3cnn(C)c3Nc3ccccc32)CCN1C(=O)O. The first-order valence-electron chi connectivity index (χ1n) is 12.9. The number of para-hydroxylation sites is 2. The van der Waals surface area contributed by atoms with Crippen molar-refractivity contribution in [3.63, 3.8) is 0 Å². The zero-order chi connectivity index (χ0) is 27.9. The molecule has 0 bridgehead atoms. The van der Waals surface area contributed by atoms with Gasteiger partial charge in [-0.3, -0.25) is 14.5 Å². The Kier molecular flexibility index (Phi) is 7.04. The molecule has 0 saturated carbocycles. The van der Waals surface area contributed by atoms with Gasteiger partial charge >= 0.3 is 12.1 Å². The first-order chi connectivity index (χ1) is 18.6. The van der Waals surface area contributed by atoms with Gasteiger partial charge in [0.1, 0.15) is 30.4 Å². The Morgan fingerprint density at radius 3 is 2.69 bits per heavy atom. The van der Waals surface area contributed by atoms with Crippen LogP contribution in [0.4, 0.5) is 26.8 Å². The number of benzene rings is 2. The maximum absolute atomic E-state index is 14.8. The number of urea groups is 1. The quantitative estimate of drug-likeness (QED) is 0.374. The summed E-state index contributed by atoms with van der Waals surface area (Å²) in [4.78, 5) is 32.6. The number of aromatic nitrogens is 2. The number of hydrogen-bond acceptors (Lipinski definition) is 5. The lowest BCUT2D eigenvalue weighted by molar-refractivity contribution is -0.870. The highest BCUT2D eigenvalue weighted by molar-refractivity contribution is 7.80. The number of nitrogens with one attached hydrogen (secondary N) is 1. The molecule has 0 radical (unpaired) electrons. The Morgan fingerprint density at radius 2 is 1.97 bits per heavy atom. The summed E-state index contributed by atoms with van der Waals surface area (Å²) in [5.74, 6) is 0.846. The second kappa shape index (κ2) is 10.3. The predicted octanol–water partition coefficient (Wildman–Crippen LogP) is 4.24. The van der Waals surface area contributed by atoms with E-state index in [2.05, 4.69) is 10.4 Å². The third-order valence-electron chi connectivity index (χ3n) is 7.65. The number of piperazine rings is 1. The van der Waals surface area contributed by atoms with Crippen molar-refractivity contribution < 1.29 is 19.2 Å². The van der Waals surface area contributed by atoms with E-state index in [4.69, 9.17) is 12.2 Å². The molecule has 204 valence electrons. The molecule has 0 spiro atoms. The number of carboxylic acid groups (broad SMARTS) is 1. The van der Waals surface area contributed by atoms with Crippen molar-refractivity contribution >= 4 is 46.5 Å². The number of hydrogen-bond donors (Lipinski definition) is 2. The maximum Gasteiger partial charge on any atom is 0.424 e. The number of carbonyl (C=O) groups excluding carboxylic acids is 1. The van der Waals surface area contributed by atoms with E-state index in [-0.39, 0.29) is 23.1 Å². The fraction of sp³-hybridized carbons (Fsp3) is 0.357. The molecule has 3 amide bonds. The molecule has 2 atom stereocenters. The molecule has 1 saturated heterocycles. The van der Waals surface area contributed by atoms with E-state index in [1.54, 1.807) is 10.9 Å². The third-order valence-corrected chi connectivity index (χ3v) is 8.25. The molecule has 2 aromatic carbocycles. The molecular weight excluding hydrogens is 514 g/mol. The molecule has 2 N–H and O–H groups in total. The topological polar surface area (TPSA) is 93.9 Å². The Labute approximate surface area is 233 Å². The molecule has 2 aliphatic rings. The molecule has 1 fully saturated rings. The van der Waals surface area contributed by atoms with Crippen molar-refractivity contribution in [2.45, 2.75) is 26.1 Å². The van der Waals surface area contributed by atoms with Gasteiger partial charge in [-0.25, -0.2) is 14.1 Å². The number of amides is 3. The van der Waals surface area contributed by atoms with Crippen molar-refractivity contribution in [3.8, 4) is 0 Å². The fourth-order valence-electron chi connectivity index (χ4n) is 5.68. The first-order valence-corrected chi connectivity index (χ1v) is 13.4. The predicted molar refractivity (Wildman–Crippen MR) is 154 cm³/mol. The molecule has 5 rings (SSSR count). The highest BCUT2D eigenvalue weighted by Gasteiger charge is 2.48. The van der Waals surface area contributed by atoms with E-state index in [0.717, 1.165) is 38.9 Å². The highest BCUT2D eigenvalue weighted by Crippen LogP contribution is 2.38. The van der Waals surface area contributed by atoms with Crippen molar-refractivity contribution in [2.75, 3.05) is 43.9 Å². The monoisotopic (exact) mass is 548 g/mol. The Balaban J connectivity index is 1.57. The van der Waals surface area contributed by atoms with Crippen LogP contribution < -0.4 is 10.2 Å². The normalized spacial score (nSPS) is 20.4. The Bertz CT molecular complexity index is 1440. The van der Waals surface area contributed by atoms with Gasteiger partial charge < -0.3 is 15.3 Å². The molecule has 3 heterocycles. The molecule has 11 heteroatoms. The van der Waals surface area contributed by atoms with Crippen molar-refractivity contribution in [1.82, 2.24) is 19.6 Å². The molecular formula is C28H34N7O3S+. The average molecular weight is 549 g/mol. The van der Waals surface area contributed by atoms with E-state index in [1.165, 1.54) is 4.90 Å². The summed E-state index contributed by atoms with van der Waals surface area (Å²) in [5.41, 5.74) is 4.41. The summed E-state index contributed by atoms with van der Waals surface area (Å²) in [5, 5.41) is 17.6. The van der Waals surface area contributed by atoms with Crippen molar-refractivity contribution in [1.29, 1.82) is 0 Å². The Morgan fingerprint density at radius 1 is 1.21 bits per heavy atom. The van der Waals surface area contributed by atoms with Gasteiger partial charge in [0, 0.05) is 37.8 Å². The van der Waals surface area contributed by atoms with Crippen LogP contribution in [0.15, 0.2) is 54.7 Å². The van der Waals surface area contributed by atoms with Crippen molar-refractivity contribution in [2.24, 2.45) is 7.05 Å². The minimum absolute atomic E-state index is 0.0709. The number of aryl methyl sites for hydroxylation is 1. The van der Waals surface area contributed by atoms with Crippen LogP contribution in [0.3, 0.4) is 0 Å². The molecule has 1 aromatic heterocycles. The second-order valence-electron chi connectivity index (χ2n) is 10.6. The van der Waals surface area contributed by atoms with Gasteiger partial charge in [-0.05, 0) is 25.1 Å². The van der Waals surface area contributed by atoms with Crippen LogP contribution >= 0.6 is 12.2 Å². The summed E-state index contributed by atoms with van der Waals surface area (Å²) >= 11 is 5.61. The van der Waals surface area contributed by atoms with Gasteiger partial charge in [0.15, 0.2) is 0 Å². The van der Waals surface area contributed by atoms with E-state index in [1.807, 2.05) is 86.4 Å². The van der Waals surface area contributed by atoms with E-state index in [9.17, 15) is 14.7 Å². The molecule has 39 heavy (non-hydrogen) atoms. The lowest BCUT2D eigenvalue weighted by atomic mass is 10.1. The summed E-state index contributed by atoms with van der Waals surface area (Å²) < 4.78 is 1.87. The van der Waals surface area contributed by atoms with E-state index < -0.39 is 6.09 Å².